The van der Waals surface area contributed by atoms with Crippen LogP contribution in [0.15, 0.2) is 0 Å². The first-order valence-electron chi connectivity index (χ1n) is 10.5. The Balaban J connectivity index is 2.94. The monoisotopic (exact) mass is 431 g/mol. The van der Waals surface area contributed by atoms with Crippen LogP contribution in [0.1, 0.15) is 61.3 Å². The van der Waals surface area contributed by atoms with E-state index in [4.69, 9.17) is 23.7 Å². The maximum absolute atomic E-state index is 12.6. The van der Waals surface area contributed by atoms with E-state index in [2.05, 4.69) is 5.32 Å². The zero-order valence-electron chi connectivity index (χ0n) is 19.2. The van der Waals surface area contributed by atoms with Crippen LogP contribution in [0.2, 0.25) is 0 Å². The molecule has 0 aromatic heterocycles. The summed E-state index contributed by atoms with van der Waals surface area (Å²) >= 11 is 0. The number of hydrogen-bond donors (Lipinski definition) is 1. The Morgan fingerprint density at radius 1 is 1.23 bits per heavy atom. The van der Waals surface area contributed by atoms with E-state index in [1.807, 2.05) is 6.92 Å². The molecule has 1 aliphatic rings. The fraction of sp³-hybridized carbons (Fsp3) is 0.857. The maximum Gasteiger partial charge on any atom is 0.408 e. The molecule has 1 fully saturated rings. The van der Waals surface area contributed by atoms with Crippen LogP contribution in [-0.2, 0) is 33.3 Å². The number of cyclic esters (lactones) is 1. The minimum atomic E-state index is -1.06. The van der Waals surface area contributed by atoms with Crippen molar-refractivity contribution in [3.05, 3.63) is 0 Å². The van der Waals surface area contributed by atoms with E-state index in [0.29, 0.717) is 6.61 Å². The van der Waals surface area contributed by atoms with Gasteiger partial charge >= 0.3 is 18.0 Å². The first-order chi connectivity index (χ1) is 13.9. The van der Waals surface area contributed by atoms with E-state index in [1.165, 1.54) is 0 Å². The smallest absolute Gasteiger partial charge is 0.408 e. The minimum absolute atomic E-state index is 0.0766. The van der Waals surface area contributed by atoms with Crippen LogP contribution < -0.4 is 5.32 Å². The van der Waals surface area contributed by atoms with E-state index >= 15 is 0 Å². The van der Waals surface area contributed by atoms with E-state index in [1.54, 1.807) is 41.5 Å². The Morgan fingerprint density at radius 3 is 2.47 bits per heavy atom. The van der Waals surface area contributed by atoms with Crippen molar-refractivity contribution in [2.75, 3.05) is 19.8 Å². The number of ether oxygens (including phenoxy) is 5. The third-order valence-corrected chi connectivity index (χ3v) is 4.23. The van der Waals surface area contributed by atoms with Crippen LogP contribution in [0.5, 0.6) is 0 Å². The van der Waals surface area contributed by atoms with Gasteiger partial charge in [0.25, 0.3) is 0 Å². The van der Waals surface area contributed by atoms with Crippen molar-refractivity contribution in [2.45, 2.75) is 91.3 Å². The summed E-state index contributed by atoms with van der Waals surface area (Å²) in [5.74, 6) is -1.47. The molecule has 1 N–H and O–H groups in total. The number of carbonyl (C=O) groups excluding carboxylic acids is 3. The molecule has 30 heavy (non-hydrogen) atoms. The third-order valence-electron chi connectivity index (χ3n) is 4.23. The number of esters is 2. The molecule has 9 heteroatoms. The van der Waals surface area contributed by atoms with Gasteiger partial charge in [-0.2, -0.15) is 0 Å². The maximum atomic E-state index is 12.6. The van der Waals surface area contributed by atoms with Gasteiger partial charge in [0, 0.05) is 6.61 Å². The molecule has 9 nitrogen and oxygen atoms in total. The molecule has 0 aliphatic carbocycles. The van der Waals surface area contributed by atoms with E-state index in [-0.39, 0.29) is 19.1 Å². The van der Waals surface area contributed by atoms with Gasteiger partial charge in [-0.05, 0) is 34.1 Å². The summed E-state index contributed by atoms with van der Waals surface area (Å²) in [6.45, 7) is 12.7. The van der Waals surface area contributed by atoms with Gasteiger partial charge < -0.3 is 29.0 Å². The van der Waals surface area contributed by atoms with Gasteiger partial charge in [0.05, 0.1) is 19.1 Å². The third kappa shape index (κ3) is 9.30. The van der Waals surface area contributed by atoms with Crippen molar-refractivity contribution in [1.82, 2.24) is 5.32 Å². The summed E-state index contributed by atoms with van der Waals surface area (Å²) in [6, 6.07) is -1.06. The fourth-order valence-electron chi connectivity index (χ4n) is 2.61. The topological polar surface area (TPSA) is 109 Å². The summed E-state index contributed by atoms with van der Waals surface area (Å²) in [5, 5.41) is 2.47. The highest BCUT2D eigenvalue weighted by atomic mass is 16.6. The zero-order valence-corrected chi connectivity index (χ0v) is 19.2. The average Bonchev–Trinajstić information content (AvgIpc) is 2.66. The highest BCUT2D eigenvalue weighted by molar-refractivity contribution is 5.81. The number of carbonyl (C=O) groups is 3. The molecule has 1 rings (SSSR count). The van der Waals surface area contributed by atoms with Crippen molar-refractivity contribution < 1.29 is 38.1 Å². The largest absolute Gasteiger partial charge is 0.457 e. The number of unbranched alkanes of at least 4 members (excludes halogenated alkanes) is 1. The van der Waals surface area contributed by atoms with Gasteiger partial charge in [-0.15, -0.1) is 0 Å². The summed E-state index contributed by atoms with van der Waals surface area (Å²) in [4.78, 5) is 36.9. The van der Waals surface area contributed by atoms with Crippen molar-refractivity contribution >= 4 is 18.0 Å². The molecule has 1 saturated heterocycles. The van der Waals surface area contributed by atoms with Crippen LogP contribution in [0.3, 0.4) is 0 Å². The Bertz CT molecular complexity index is 572. The van der Waals surface area contributed by atoms with Crippen LogP contribution in [0, 0.1) is 5.92 Å². The molecule has 1 heterocycles. The van der Waals surface area contributed by atoms with Gasteiger partial charge in [0.15, 0.2) is 12.1 Å². The van der Waals surface area contributed by atoms with Crippen molar-refractivity contribution in [2.24, 2.45) is 5.92 Å². The quantitative estimate of drug-likeness (QED) is 0.372. The molecule has 1 unspecified atom stereocenters. The van der Waals surface area contributed by atoms with E-state index in [0.717, 1.165) is 12.8 Å². The number of hydrogen-bond acceptors (Lipinski definition) is 8. The molecular formula is C21H37NO8. The molecule has 0 aromatic carbocycles. The highest BCUT2D eigenvalue weighted by Crippen LogP contribution is 2.18. The second-order valence-electron chi connectivity index (χ2n) is 8.70. The fourth-order valence-corrected chi connectivity index (χ4v) is 2.61. The van der Waals surface area contributed by atoms with Crippen LogP contribution in [-0.4, -0.2) is 67.8 Å². The number of nitrogens with one attached hydrogen (secondary N) is 1. The van der Waals surface area contributed by atoms with Gasteiger partial charge in [0.1, 0.15) is 17.8 Å². The summed E-state index contributed by atoms with van der Waals surface area (Å²) in [6.07, 6.45) is -1.22. The molecular weight excluding hydrogens is 394 g/mol. The van der Waals surface area contributed by atoms with Crippen molar-refractivity contribution in [3.8, 4) is 0 Å². The van der Waals surface area contributed by atoms with E-state index in [9.17, 15) is 14.4 Å². The number of amides is 1. The Morgan fingerprint density at radius 2 is 1.90 bits per heavy atom. The van der Waals surface area contributed by atoms with Gasteiger partial charge in [-0.1, -0.05) is 27.2 Å². The van der Waals surface area contributed by atoms with Crippen molar-refractivity contribution in [3.63, 3.8) is 0 Å². The molecule has 0 bridgehead atoms. The lowest BCUT2D eigenvalue weighted by atomic mass is 10.1. The predicted molar refractivity (Wildman–Crippen MR) is 109 cm³/mol. The molecule has 1 amide bonds. The van der Waals surface area contributed by atoms with Crippen molar-refractivity contribution in [1.29, 1.82) is 0 Å². The molecule has 1 aliphatic heterocycles. The Labute approximate surface area is 179 Å². The Kier molecular flexibility index (Phi) is 10.6. The van der Waals surface area contributed by atoms with Gasteiger partial charge in [-0.3, -0.25) is 4.79 Å². The van der Waals surface area contributed by atoms with Gasteiger partial charge in [0.2, 0.25) is 0 Å². The minimum Gasteiger partial charge on any atom is -0.457 e. The standard InChI is InChI=1S/C21H37NO8/c1-8-9-10-27-16-12-26-11-15(22-20(25)30-21(5,6)7)19(24)28-14(4)17(16)29-18(23)13(2)3/h13-17H,8-12H2,1-7H3,(H,22,25)/t14-,15?,16-,17-/m0/s1. The first kappa shape index (κ1) is 26.2. The molecule has 0 aromatic rings. The molecule has 0 spiro atoms. The number of rotatable bonds is 7. The second-order valence-corrected chi connectivity index (χ2v) is 8.70. The van der Waals surface area contributed by atoms with Crippen LogP contribution >= 0.6 is 0 Å². The van der Waals surface area contributed by atoms with Crippen LogP contribution in [0.25, 0.3) is 0 Å². The Hall–Kier alpha value is -1.87. The molecule has 0 radical (unpaired) electrons. The lowest BCUT2D eigenvalue weighted by Gasteiger charge is -2.30. The summed E-state index contributed by atoms with van der Waals surface area (Å²) in [5.41, 5.74) is -0.713. The second kappa shape index (κ2) is 12.1. The average molecular weight is 432 g/mol. The predicted octanol–water partition coefficient (Wildman–Crippen LogP) is 2.59. The lowest BCUT2D eigenvalue weighted by molar-refractivity contribution is -0.183. The lowest BCUT2D eigenvalue weighted by Crippen LogP contribution is -2.48. The summed E-state index contributed by atoms with van der Waals surface area (Å²) < 4.78 is 27.8. The van der Waals surface area contributed by atoms with Gasteiger partial charge in [-0.25, -0.2) is 9.59 Å². The summed E-state index contributed by atoms with van der Waals surface area (Å²) in [7, 11) is 0. The zero-order chi connectivity index (χ0) is 22.9. The normalized spacial score (nSPS) is 25.5. The SMILES string of the molecule is CCCCO[C@H]1COCC(NC(=O)OC(C)(C)C)C(=O)O[C@@H](C)[C@@H]1OC(=O)C(C)C. The van der Waals surface area contributed by atoms with E-state index < -0.39 is 48.0 Å². The molecule has 174 valence electrons. The first-order valence-corrected chi connectivity index (χ1v) is 10.5. The van der Waals surface area contributed by atoms with Crippen LogP contribution in [0.4, 0.5) is 4.79 Å². The molecule has 4 atom stereocenters. The number of alkyl carbamates (subject to hydrolysis) is 1. The highest BCUT2D eigenvalue weighted by Gasteiger charge is 2.38. The molecule has 0 saturated carbocycles.